The molecule has 2 rings (SSSR count). The summed E-state index contributed by atoms with van der Waals surface area (Å²) in [5, 5.41) is 3.00. The average molecular weight is 220 g/mol. The van der Waals surface area contributed by atoms with E-state index >= 15 is 0 Å². The van der Waals surface area contributed by atoms with Gasteiger partial charge in [0, 0.05) is 5.56 Å². The molecule has 4 heteroatoms. The molecule has 0 radical (unpaired) electrons. The monoisotopic (exact) mass is 220 g/mol. The fourth-order valence-electron chi connectivity index (χ4n) is 1.81. The number of hydrogen-bond donors (Lipinski definition) is 1. The van der Waals surface area contributed by atoms with Crippen molar-refractivity contribution in [3.8, 4) is 11.3 Å². The lowest BCUT2D eigenvalue weighted by molar-refractivity contribution is 0.484. The second-order valence-electron chi connectivity index (χ2n) is 3.86. The highest BCUT2D eigenvalue weighted by Crippen LogP contribution is 2.31. The van der Waals surface area contributed by atoms with Crippen molar-refractivity contribution in [3.05, 3.63) is 29.2 Å². The molecule has 0 aliphatic rings. The van der Waals surface area contributed by atoms with Gasteiger partial charge in [-0.3, -0.25) is 0 Å². The van der Waals surface area contributed by atoms with Gasteiger partial charge in [0.15, 0.2) is 5.76 Å². The van der Waals surface area contributed by atoms with Crippen LogP contribution < -0.4 is 5.32 Å². The minimum Gasteiger partial charge on any atom is -0.466 e. The average Bonchev–Trinajstić information content (AvgIpc) is 2.75. The summed E-state index contributed by atoms with van der Waals surface area (Å²) in [6.07, 6.45) is 1.75. The zero-order chi connectivity index (χ0) is 11.7. The Bertz CT molecular complexity index is 497. The lowest BCUT2D eigenvalue weighted by Gasteiger charge is -1.95. The summed E-state index contributed by atoms with van der Waals surface area (Å²) in [4.78, 5) is 4.20. The maximum Gasteiger partial charge on any atom is 0.208 e. The van der Waals surface area contributed by atoms with Crippen LogP contribution in [0.3, 0.4) is 0 Å². The normalized spacial score (nSPS) is 11.0. The zero-order valence-corrected chi connectivity index (χ0v) is 10.0. The van der Waals surface area contributed by atoms with Crippen molar-refractivity contribution in [1.29, 1.82) is 0 Å². The van der Waals surface area contributed by atoms with E-state index in [0.29, 0.717) is 12.4 Å². The molecule has 0 aliphatic carbocycles. The fourth-order valence-corrected chi connectivity index (χ4v) is 1.81. The molecule has 2 heterocycles. The molecule has 0 bridgehead atoms. The van der Waals surface area contributed by atoms with Crippen LogP contribution in [-0.2, 0) is 6.54 Å². The Balaban J connectivity index is 2.42. The number of rotatable bonds is 3. The smallest absolute Gasteiger partial charge is 0.208 e. The molecule has 0 unspecified atom stereocenters. The number of nitrogens with one attached hydrogen (secondary N) is 1. The van der Waals surface area contributed by atoms with Crippen molar-refractivity contribution >= 4 is 0 Å². The van der Waals surface area contributed by atoms with Crippen LogP contribution in [0.4, 0.5) is 0 Å². The third kappa shape index (κ3) is 1.76. The molecule has 86 valence electrons. The van der Waals surface area contributed by atoms with E-state index in [2.05, 4.69) is 10.3 Å². The van der Waals surface area contributed by atoms with Crippen LogP contribution >= 0.6 is 0 Å². The molecular weight excluding hydrogens is 204 g/mol. The van der Waals surface area contributed by atoms with Gasteiger partial charge in [-0.1, -0.05) is 0 Å². The van der Waals surface area contributed by atoms with E-state index in [1.54, 1.807) is 6.20 Å². The molecule has 2 aromatic heterocycles. The number of aryl methyl sites for hydroxylation is 2. The van der Waals surface area contributed by atoms with Gasteiger partial charge in [0.05, 0.1) is 18.3 Å². The van der Waals surface area contributed by atoms with Crippen LogP contribution in [0.15, 0.2) is 15.0 Å². The van der Waals surface area contributed by atoms with E-state index in [1.807, 2.05) is 27.8 Å². The first-order valence-corrected chi connectivity index (χ1v) is 5.29. The summed E-state index contributed by atoms with van der Waals surface area (Å²) in [6, 6.07) is 0. The summed E-state index contributed by atoms with van der Waals surface area (Å²) < 4.78 is 11.2. The summed E-state index contributed by atoms with van der Waals surface area (Å²) in [5.74, 6) is 3.27. The second kappa shape index (κ2) is 4.14. The van der Waals surface area contributed by atoms with Crippen LogP contribution in [0.25, 0.3) is 11.3 Å². The van der Waals surface area contributed by atoms with Gasteiger partial charge in [-0.15, -0.1) is 0 Å². The molecule has 0 amide bonds. The number of aromatic nitrogens is 1. The lowest BCUT2D eigenvalue weighted by atomic mass is 10.1. The van der Waals surface area contributed by atoms with Crippen molar-refractivity contribution in [2.75, 3.05) is 7.05 Å². The largest absolute Gasteiger partial charge is 0.466 e. The van der Waals surface area contributed by atoms with Gasteiger partial charge in [0.25, 0.3) is 0 Å². The van der Waals surface area contributed by atoms with E-state index in [0.717, 1.165) is 28.4 Å². The standard InChI is InChI=1S/C12H16N2O2/c1-7-8(2)15-9(3)12(7)10-5-14-11(16-10)6-13-4/h5,13H,6H2,1-4H3. The molecule has 0 aromatic carbocycles. The van der Waals surface area contributed by atoms with E-state index in [9.17, 15) is 0 Å². The molecule has 1 N–H and O–H groups in total. The maximum atomic E-state index is 5.65. The third-order valence-corrected chi connectivity index (χ3v) is 2.69. The van der Waals surface area contributed by atoms with Gasteiger partial charge in [-0.25, -0.2) is 4.98 Å². The van der Waals surface area contributed by atoms with Crippen molar-refractivity contribution in [3.63, 3.8) is 0 Å². The van der Waals surface area contributed by atoms with E-state index in [1.165, 1.54) is 0 Å². The van der Waals surface area contributed by atoms with Gasteiger partial charge in [0.1, 0.15) is 11.5 Å². The first-order chi connectivity index (χ1) is 7.63. The molecule has 2 aromatic rings. The number of oxazole rings is 1. The van der Waals surface area contributed by atoms with Crippen LogP contribution in [0.2, 0.25) is 0 Å². The highest BCUT2D eigenvalue weighted by molar-refractivity contribution is 5.64. The van der Waals surface area contributed by atoms with Gasteiger partial charge in [-0.2, -0.15) is 0 Å². The third-order valence-electron chi connectivity index (χ3n) is 2.69. The molecule has 0 spiro atoms. The van der Waals surface area contributed by atoms with Crippen LogP contribution in [0.5, 0.6) is 0 Å². The zero-order valence-electron chi connectivity index (χ0n) is 10.0. The topological polar surface area (TPSA) is 51.2 Å². The quantitative estimate of drug-likeness (QED) is 0.863. The van der Waals surface area contributed by atoms with Crippen LogP contribution in [0, 0.1) is 20.8 Å². The minimum atomic E-state index is 0.634. The molecule has 0 saturated carbocycles. The van der Waals surface area contributed by atoms with Crippen molar-refractivity contribution in [1.82, 2.24) is 10.3 Å². The summed E-state index contributed by atoms with van der Waals surface area (Å²) in [6.45, 7) is 6.56. The van der Waals surface area contributed by atoms with Gasteiger partial charge >= 0.3 is 0 Å². The van der Waals surface area contributed by atoms with Gasteiger partial charge < -0.3 is 14.2 Å². The number of furan rings is 1. The number of hydrogen-bond acceptors (Lipinski definition) is 4. The van der Waals surface area contributed by atoms with Crippen molar-refractivity contribution < 1.29 is 8.83 Å². The molecule has 0 aliphatic heterocycles. The predicted molar refractivity (Wildman–Crippen MR) is 61.2 cm³/mol. The molecule has 16 heavy (non-hydrogen) atoms. The van der Waals surface area contributed by atoms with Crippen molar-refractivity contribution in [2.45, 2.75) is 27.3 Å². The van der Waals surface area contributed by atoms with Crippen molar-refractivity contribution in [2.24, 2.45) is 0 Å². The molecular formula is C12H16N2O2. The highest BCUT2D eigenvalue weighted by Gasteiger charge is 2.16. The SMILES string of the molecule is CNCc1ncc(-c2c(C)oc(C)c2C)o1. The molecule has 0 atom stereocenters. The Hall–Kier alpha value is -1.55. The Morgan fingerprint density at radius 1 is 1.19 bits per heavy atom. The van der Waals surface area contributed by atoms with Gasteiger partial charge in [0.2, 0.25) is 5.89 Å². The van der Waals surface area contributed by atoms with Crippen LogP contribution in [-0.4, -0.2) is 12.0 Å². The first kappa shape index (κ1) is 11.0. The van der Waals surface area contributed by atoms with E-state index < -0.39 is 0 Å². The Labute approximate surface area is 94.7 Å². The molecule has 0 saturated heterocycles. The second-order valence-corrected chi connectivity index (χ2v) is 3.86. The Kier molecular flexibility index (Phi) is 2.83. The summed E-state index contributed by atoms with van der Waals surface area (Å²) >= 11 is 0. The predicted octanol–water partition coefficient (Wildman–Crippen LogP) is 2.58. The van der Waals surface area contributed by atoms with Crippen LogP contribution in [0.1, 0.15) is 23.0 Å². The fraction of sp³-hybridized carbons (Fsp3) is 0.417. The Morgan fingerprint density at radius 3 is 2.50 bits per heavy atom. The number of nitrogens with zero attached hydrogens (tertiary/aromatic N) is 1. The summed E-state index contributed by atoms with van der Waals surface area (Å²) in [5.41, 5.74) is 2.14. The molecule has 0 fully saturated rings. The Morgan fingerprint density at radius 2 is 1.94 bits per heavy atom. The van der Waals surface area contributed by atoms with Gasteiger partial charge in [-0.05, 0) is 27.8 Å². The highest BCUT2D eigenvalue weighted by atomic mass is 16.4. The maximum absolute atomic E-state index is 5.65. The minimum absolute atomic E-state index is 0.634. The summed E-state index contributed by atoms with van der Waals surface area (Å²) in [7, 11) is 1.86. The van der Waals surface area contributed by atoms with E-state index in [4.69, 9.17) is 8.83 Å². The molecule has 4 nitrogen and oxygen atoms in total. The first-order valence-electron chi connectivity index (χ1n) is 5.29. The lowest BCUT2D eigenvalue weighted by Crippen LogP contribution is -2.04. The van der Waals surface area contributed by atoms with E-state index in [-0.39, 0.29) is 0 Å².